The molecular weight excluding hydrogens is 208 g/mol. The molecule has 1 aliphatic carbocycles. The van der Waals surface area contributed by atoms with Crippen molar-refractivity contribution in [3.8, 4) is 0 Å². The van der Waals surface area contributed by atoms with E-state index < -0.39 is 0 Å². The van der Waals surface area contributed by atoms with Crippen LogP contribution >= 0.6 is 11.6 Å². The Morgan fingerprint density at radius 1 is 1.20 bits per heavy atom. The van der Waals surface area contributed by atoms with Crippen molar-refractivity contribution in [3.05, 3.63) is 34.9 Å². The summed E-state index contributed by atoms with van der Waals surface area (Å²) >= 11 is 5.87. The van der Waals surface area contributed by atoms with Gasteiger partial charge < -0.3 is 4.74 Å². The minimum Gasteiger partial charge on any atom is -0.377 e. The van der Waals surface area contributed by atoms with Crippen LogP contribution in [0.1, 0.15) is 18.4 Å². The van der Waals surface area contributed by atoms with Crippen molar-refractivity contribution in [2.75, 3.05) is 6.61 Å². The Morgan fingerprint density at radius 2 is 2.00 bits per heavy atom. The van der Waals surface area contributed by atoms with Crippen LogP contribution in [-0.2, 0) is 11.2 Å². The van der Waals surface area contributed by atoms with Crippen molar-refractivity contribution in [2.45, 2.75) is 25.4 Å². The highest BCUT2D eigenvalue weighted by Crippen LogP contribution is 2.42. The maximum absolute atomic E-state index is 5.87. The number of fused-ring (bicyclic) bond motifs is 1. The summed E-state index contributed by atoms with van der Waals surface area (Å²) in [6, 6.07) is 8.22. The molecule has 1 saturated carbocycles. The van der Waals surface area contributed by atoms with E-state index in [1.54, 1.807) is 0 Å². The van der Waals surface area contributed by atoms with Gasteiger partial charge in [0.25, 0.3) is 0 Å². The van der Waals surface area contributed by atoms with Gasteiger partial charge in [-0.2, -0.15) is 0 Å². The first-order valence-electron chi connectivity index (χ1n) is 5.69. The Balaban J connectivity index is 1.67. The van der Waals surface area contributed by atoms with Gasteiger partial charge in [-0.05, 0) is 42.9 Å². The second-order valence-electron chi connectivity index (χ2n) is 4.73. The van der Waals surface area contributed by atoms with Crippen molar-refractivity contribution in [2.24, 2.45) is 11.8 Å². The molecule has 80 valence electrons. The van der Waals surface area contributed by atoms with Crippen LogP contribution in [0, 0.1) is 11.8 Å². The fourth-order valence-electron chi connectivity index (χ4n) is 2.85. The smallest absolute Gasteiger partial charge is 0.0656 e. The molecule has 3 unspecified atom stereocenters. The van der Waals surface area contributed by atoms with Gasteiger partial charge in [-0.15, -0.1) is 0 Å². The maximum Gasteiger partial charge on any atom is 0.0656 e. The van der Waals surface area contributed by atoms with Crippen LogP contribution in [-0.4, -0.2) is 12.7 Å². The molecule has 1 saturated heterocycles. The molecule has 3 atom stereocenters. The summed E-state index contributed by atoms with van der Waals surface area (Å²) in [6.07, 6.45) is 4.40. The summed E-state index contributed by atoms with van der Waals surface area (Å²) in [4.78, 5) is 0. The third-order valence-electron chi connectivity index (χ3n) is 3.75. The zero-order valence-electron chi connectivity index (χ0n) is 8.66. The minimum absolute atomic E-state index is 0.556. The van der Waals surface area contributed by atoms with E-state index in [9.17, 15) is 0 Å². The quantitative estimate of drug-likeness (QED) is 0.746. The average molecular weight is 223 g/mol. The third kappa shape index (κ3) is 1.79. The Labute approximate surface area is 95.4 Å². The highest BCUT2D eigenvalue weighted by atomic mass is 35.5. The van der Waals surface area contributed by atoms with Gasteiger partial charge in [-0.25, -0.2) is 0 Å². The van der Waals surface area contributed by atoms with E-state index in [4.69, 9.17) is 16.3 Å². The third-order valence-corrected chi connectivity index (χ3v) is 4.00. The Morgan fingerprint density at radius 3 is 2.60 bits per heavy atom. The van der Waals surface area contributed by atoms with Gasteiger partial charge in [0.2, 0.25) is 0 Å². The highest BCUT2D eigenvalue weighted by molar-refractivity contribution is 6.30. The Hall–Kier alpha value is -0.530. The standard InChI is InChI=1S/C13H15ClO/c14-12-5-1-9(2-6-12)7-10-3-4-11-8-15-13(10)11/h1-2,5-6,10-11,13H,3-4,7-8H2. The lowest BCUT2D eigenvalue weighted by Crippen LogP contribution is -2.39. The van der Waals surface area contributed by atoms with Gasteiger partial charge in [0.1, 0.15) is 0 Å². The lowest BCUT2D eigenvalue weighted by Gasteiger charge is -2.34. The zero-order chi connectivity index (χ0) is 10.3. The van der Waals surface area contributed by atoms with E-state index in [0.29, 0.717) is 6.10 Å². The van der Waals surface area contributed by atoms with Crippen LogP contribution in [0.4, 0.5) is 0 Å². The second-order valence-corrected chi connectivity index (χ2v) is 5.16. The molecule has 2 fully saturated rings. The number of rotatable bonds is 2. The normalized spacial score (nSPS) is 33.5. The van der Waals surface area contributed by atoms with Crippen molar-refractivity contribution in [1.29, 1.82) is 0 Å². The van der Waals surface area contributed by atoms with Gasteiger partial charge in [0, 0.05) is 10.9 Å². The molecule has 0 amide bonds. The number of ether oxygens (including phenoxy) is 1. The minimum atomic E-state index is 0.556. The summed E-state index contributed by atoms with van der Waals surface area (Å²) in [7, 11) is 0. The largest absolute Gasteiger partial charge is 0.377 e. The SMILES string of the molecule is Clc1ccc(CC2CCC3COC32)cc1. The number of hydrogen-bond acceptors (Lipinski definition) is 1. The fourth-order valence-corrected chi connectivity index (χ4v) is 2.97. The van der Waals surface area contributed by atoms with Gasteiger partial charge in [0.15, 0.2) is 0 Å². The van der Waals surface area contributed by atoms with Gasteiger partial charge in [-0.3, -0.25) is 0 Å². The van der Waals surface area contributed by atoms with E-state index in [2.05, 4.69) is 12.1 Å². The van der Waals surface area contributed by atoms with Gasteiger partial charge >= 0.3 is 0 Å². The van der Waals surface area contributed by atoms with Crippen LogP contribution in [0.15, 0.2) is 24.3 Å². The van der Waals surface area contributed by atoms with Crippen molar-refractivity contribution in [3.63, 3.8) is 0 Å². The van der Waals surface area contributed by atoms with E-state index in [1.165, 1.54) is 18.4 Å². The van der Waals surface area contributed by atoms with Crippen LogP contribution in [0.25, 0.3) is 0 Å². The zero-order valence-corrected chi connectivity index (χ0v) is 9.41. The van der Waals surface area contributed by atoms with Crippen molar-refractivity contribution >= 4 is 11.6 Å². The monoisotopic (exact) mass is 222 g/mol. The molecule has 2 aliphatic rings. The molecule has 0 bridgehead atoms. The van der Waals surface area contributed by atoms with Crippen molar-refractivity contribution in [1.82, 2.24) is 0 Å². The predicted molar refractivity (Wildman–Crippen MR) is 61.1 cm³/mol. The topological polar surface area (TPSA) is 9.23 Å². The summed E-state index contributed by atoms with van der Waals surface area (Å²) in [5.74, 6) is 1.60. The first kappa shape index (κ1) is 9.68. The van der Waals surface area contributed by atoms with E-state index in [0.717, 1.165) is 29.9 Å². The molecule has 0 aromatic heterocycles. The molecular formula is C13H15ClO. The molecule has 3 rings (SSSR count). The predicted octanol–water partition coefficient (Wildman–Crippen LogP) is 3.31. The summed E-state index contributed by atoms with van der Waals surface area (Å²) in [6.45, 7) is 1.00. The lowest BCUT2D eigenvalue weighted by molar-refractivity contribution is -0.114. The maximum atomic E-state index is 5.87. The number of halogens is 1. The highest BCUT2D eigenvalue weighted by Gasteiger charge is 2.43. The van der Waals surface area contributed by atoms with Crippen LogP contribution in [0.5, 0.6) is 0 Å². The molecule has 1 aliphatic heterocycles. The second kappa shape index (κ2) is 3.80. The molecule has 1 nitrogen and oxygen atoms in total. The van der Waals surface area contributed by atoms with E-state index >= 15 is 0 Å². The van der Waals surface area contributed by atoms with E-state index in [-0.39, 0.29) is 0 Å². The van der Waals surface area contributed by atoms with E-state index in [1.807, 2.05) is 12.1 Å². The summed E-state index contributed by atoms with van der Waals surface area (Å²) in [5, 5.41) is 0.822. The summed E-state index contributed by atoms with van der Waals surface area (Å²) < 4.78 is 5.64. The lowest BCUT2D eigenvalue weighted by atomic mass is 9.91. The van der Waals surface area contributed by atoms with Crippen molar-refractivity contribution < 1.29 is 4.74 Å². The molecule has 1 aromatic rings. The van der Waals surface area contributed by atoms with Crippen LogP contribution in [0.2, 0.25) is 5.02 Å². The molecule has 2 heteroatoms. The molecule has 1 aromatic carbocycles. The molecule has 0 spiro atoms. The molecule has 15 heavy (non-hydrogen) atoms. The first-order valence-corrected chi connectivity index (χ1v) is 6.07. The van der Waals surface area contributed by atoms with Gasteiger partial charge in [0.05, 0.1) is 12.7 Å². The molecule has 0 radical (unpaired) electrons. The molecule has 1 heterocycles. The fraction of sp³-hybridized carbons (Fsp3) is 0.538. The Bertz CT molecular complexity index is 346. The van der Waals surface area contributed by atoms with Crippen LogP contribution in [0.3, 0.4) is 0 Å². The number of hydrogen-bond donors (Lipinski definition) is 0. The summed E-state index contributed by atoms with van der Waals surface area (Å²) in [5.41, 5.74) is 1.39. The number of benzene rings is 1. The van der Waals surface area contributed by atoms with Crippen LogP contribution < -0.4 is 0 Å². The molecule has 0 N–H and O–H groups in total. The average Bonchev–Trinajstić information content (AvgIpc) is 2.45. The first-order chi connectivity index (χ1) is 7.33. The Kier molecular flexibility index (Phi) is 2.45. The van der Waals surface area contributed by atoms with Gasteiger partial charge in [-0.1, -0.05) is 23.7 Å².